The lowest BCUT2D eigenvalue weighted by molar-refractivity contribution is -0.401. The van der Waals surface area contributed by atoms with Gasteiger partial charge in [-0.15, -0.1) is 5.10 Å². The maximum atomic E-state index is 14.8. The number of carbonyl (C=O) groups is 8. The highest BCUT2D eigenvalue weighted by molar-refractivity contribution is 7.86. The number of amides is 8. The Morgan fingerprint density at radius 3 is 1.96 bits per heavy atom. The van der Waals surface area contributed by atoms with Crippen molar-refractivity contribution in [2.24, 2.45) is 94.7 Å². The number of allylic oxidation sites excluding steroid dienone is 12. The lowest BCUT2D eigenvalue weighted by Gasteiger charge is -2.48. The van der Waals surface area contributed by atoms with Crippen molar-refractivity contribution in [3.05, 3.63) is 159 Å². The number of ether oxygens (including phenoxy) is 1. The van der Waals surface area contributed by atoms with Crippen molar-refractivity contribution in [2.75, 3.05) is 25.0 Å². The monoisotopic (exact) mass is 1980 g/mol. The second-order valence-electron chi connectivity index (χ2n) is 40.9. The zero-order chi connectivity index (χ0) is 102. The van der Waals surface area contributed by atoms with Gasteiger partial charge in [0.25, 0.3) is 20.2 Å². The molecule has 2 fully saturated rings. The van der Waals surface area contributed by atoms with Gasteiger partial charge in [0.05, 0.1) is 75.2 Å². The molecule has 8 aliphatic heterocycles. The highest BCUT2D eigenvalue weighted by atomic mass is 32.2. The molecule has 8 aliphatic rings. The number of unbranched alkanes of at least 4 members (excludes halogenated alkanes) is 2. The van der Waals surface area contributed by atoms with Crippen molar-refractivity contribution < 1.29 is 97.2 Å². The van der Waals surface area contributed by atoms with E-state index in [1.54, 1.807) is 23.6 Å². The first-order valence-electron chi connectivity index (χ1n) is 46.7. The average molecular weight is 1980 g/mol. The number of carbonyl (C=O) groups excluding carboxylic acids is 8. The van der Waals surface area contributed by atoms with Crippen LogP contribution in [-0.4, -0.2) is 191 Å². The van der Waals surface area contributed by atoms with Crippen LogP contribution in [0.25, 0.3) is 11.0 Å². The number of primary amides is 6. The standard InChI is InChI=1S/C97H130N19O20PS2/c1-52-39-67-70(40-53(52)2)116(51-106-67)90-85(125)86(71(134-90)50-114-49-57(111-112-114)48-105-81(123)25-21-18-22-38-115-69-32-27-59(139(131,132)133)42-64(69)93(10,11)74(115)24-20-17-19-23-73-92(8,9)63-41-58(138(128,129)130)26-31-68(63)113(73)16)136-137(126,127)135-54(3)47-104-82(124)36-37-94(12)65(43-78(101)120)89-97(15)96(14,46-80(103)122)62(30-35-77(100)119)84(110-97)56(5)88-95(13,45-79(102)121)60(28-33-75(98)117)66(107-88)44-72-91(6,7)61(29-34-76(99)118)83(108-72)55(4)87(94)109-89/h17,19-20,23-24,26-27,31-32,39-42,44,49,51,54,60-62,65,71,85-86,89-90,125H,18,21-22,25,28-30,33-38,43,45-48,50H2,1-16H3,(H17-,98,99,100,101,102,103,104,105,107,108,109,110,117,118,119,120,121,122,123,124,126,127,128,129,130,131,132,133)/p+1/t54-,60-,61-,62-,65+,71-,85-,86-,89-,90+,94-,95+,96+,97+/m1/s1. The van der Waals surface area contributed by atoms with Crippen molar-refractivity contribution in [3.8, 4) is 0 Å². The lowest BCUT2D eigenvalue weighted by atomic mass is 9.56. The minimum Gasteiger partial charge on any atom is -0.386 e. The number of aliphatic hydroxyl groups excluding tert-OH is 1. The molecule has 13 rings (SSSR count). The van der Waals surface area contributed by atoms with Gasteiger partial charge < -0.3 is 74.6 Å². The summed E-state index contributed by atoms with van der Waals surface area (Å²) in [5.41, 5.74) is 40.7. The van der Waals surface area contributed by atoms with E-state index in [0.717, 1.165) is 39.5 Å². The molecule has 2 aromatic heterocycles. The molecule has 42 heteroatoms. The summed E-state index contributed by atoms with van der Waals surface area (Å²) in [7, 11) is -12.4. The topological polar surface area (TPSA) is 615 Å². The molecule has 8 bridgehead atoms. The zero-order valence-corrected chi connectivity index (χ0v) is 84.0. The van der Waals surface area contributed by atoms with Crippen LogP contribution >= 0.6 is 7.82 Å². The fourth-order valence-corrected chi connectivity index (χ4v) is 24.7. The van der Waals surface area contributed by atoms with Gasteiger partial charge in [0, 0.05) is 173 Å². The van der Waals surface area contributed by atoms with Gasteiger partial charge in [0.15, 0.2) is 11.9 Å². The van der Waals surface area contributed by atoms with E-state index in [0.29, 0.717) is 93.5 Å². The smallest absolute Gasteiger partial charge is 0.386 e. The van der Waals surface area contributed by atoms with Gasteiger partial charge in [-0.25, -0.2) is 14.2 Å². The van der Waals surface area contributed by atoms with Gasteiger partial charge in [0.2, 0.25) is 52.9 Å². The molecule has 15 atom stereocenters. The average Bonchev–Trinajstić information content (AvgIpc) is 1.52. The summed E-state index contributed by atoms with van der Waals surface area (Å²) < 4.78 is 107. The molecular formula is C97H131N19O20PS2+. The molecule has 0 saturated carbocycles. The number of nitrogens with zero attached hydrogens (tertiary/aromatic N) is 10. The van der Waals surface area contributed by atoms with Crippen LogP contribution in [0.5, 0.6) is 0 Å². The largest absolute Gasteiger partial charge is 0.472 e. The lowest BCUT2D eigenvalue weighted by Crippen LogP contribution is -2.59. The van der Waals surface area contributed by atoms with Crippen LogP contribution in [0.3, 0.4) is 0 Å². The van der Waals surface area contributed by atoms with E-state index in [9.17, 15) is 78.9 Å². The zero-order valence-electron chi connectivity index (χ0n) is 81.5. The molecule has 750 valence electrons. The van der Waals surface area contributed by atoms with Crippen molar-refractivity contribution >= 4 is 121 Å². The SMILES string of the molecule is C/C1=C2/N[C@H]([C@H](CC(N)=O)[C@@]2(C)CCC(=O)NC[C@@H](C)OP(=O)(O)O[C@H]2[C@@H](O)[C@@H](n3cnc4cc(C)c(C)cc43)O[C@@H]2Cn2cc(CNC(=O)CCCCCN3/C(=C/C=C/C=C/C4=[N+](C)c5ccc(S(=O)(=O)O)cc5C4(C)C)C(C)(C)c4cc(S(=O)(=O)O)ccc43)nn2)[C@]2(C)N=C(/C(C)=C3N=C(/C=C4N=C1[C@@H](CCC(N)=O)C\4(C)C)[C@@H](CCC(N)=O)[C@]\3(C)CC(N)=O)[C@@H](CCC(N)=O)[C@]2(C)CC(N)=O. The predicted octanol–water partition coefficient (Wildman–Crippen LogP) is 8.63. The van der Waals surface area contributed by atoms with Gasteiger partial charge in [-0.05, 0) is 176 Å². The Kier molecular flexibility index (Phi) is 29.9. The second kappa shape index (κ2) is 39.6. The summed E-state index contributed by atoms with van der Waals surface area (Å²) >= 11 is 0. The van der Waals surface area contributed by atoms with Crippen LogP contribution in [0.15, 0.2) is 156 Å². The third-order valence-corrected chi connectivity index (χ3v) is 33.2. The Morgan fingerprint density at radius 1 is 0.698 bits per heavy atom. The van der Waals surface area contributed by atoms with Crippen LogP contribution in [0.2, 0.25) is 0 Å². The summed E-state index contributed by atoms with van der Waals surface area (Å²) in [6, 6.07) is 11.8. The third-order valence-electron chi connectivity index (χ3n) is 30.3. The molecule has 0 aliphatic carbocycles. The first-order chi connectivity index (χ1) is 64.8. The summed E-state index contributed by atoms with van der Waals surface area (Å²) in [6.07, 6.45) is 7.77. The number of nitrogens with two attached hydrogens (primary N) is 6. The Balaban J connectivity index is 0.704. The number of aliphatic hydroxyl groups is 1. The number of hydrogen-bond donors (Lipinski definition) is 13. The molecule has 39 nitrogen and oxygen atoms in total. The number of imidazole rings is 1. The Labute approximate surface area is 809 Å². The number of hydrogen-bond acceptors (Lipinski definition) is 25. The van der Waals surface area contributed by atoms with Crippen LogP contribution in [0.1, 0.15) is 220 Å². The van der Waals surface area contributed by atoms with E-state index >= 15 is 0 Å². The maximum Gasteiger partial charge on any atom is 0.472 e. The van der Waals surface area contributed by atoms with Crippen molar-refractivity contribution in [2.45, 2.75) is 276 Å². The van der Waals surface area contributed by atoms with Gasteiger partial charge >= 0.3 is 7.82 Å². The van der Waals surface area contributed by atoms with Crippen LogP contribution < -0.4 is 55.3 Å². The number of rotatable bonds is 40. The number of fused-ring (bicyclic) bond motifs is 9. The van der Waals surface area contributed by atoms with E-state index in [1.807, 2.05) is 150 Å². The number of nitrogens with one attached hydrogen (secondary N) is 3. The van der Waals surface area contributed by atoms with E-state index in [1.165, 1.54) is 48.4 Å². The maximum absolute atomic E-state index is 14.8. The van der Waals surface area contributed by atoms with Crippen LogP contribution in [0, 0.1) is 59.2 Å². The quantitative estimate of drug-likeness (QED) is 0.00573. The molecule has 10 heterocycles. The van der Waals surface area contributed by atoms with Gasteiger partial charge in [-0.2, -0.15) is 21.4 Å². The van der Waals surface area contributed by atoms with E-state index in [2.05, 4.69) is 36.1 Å². The number of aromatic nitrogens is 5. The summed E-state index contributed by atoms with van der Waals surface area (Å²) in [6.45, 7) is 27.9. The molecule has 0 spiro atoms. The van der Waals surface area contributed by atoms with Gasteiger partial charge in [-0.3, -0.25) is 71.5 Å². The van der Waals surface area contributed by atoms with E-state index in [4.69, 9.17) is 63.2 Å². The number of anilines is 1. The number of aryl methyl sites for hydroxylation is 2. The predicted molar refractivity (Wildman–Crippen MR) is 520 cm³/mol. The van der Waals surface area contributed by atoms with Gasteiger partial charge in [0.1, 0.15) is 31.1 Å². The van der Waals surface area contributed by atoms with E-state index in [-0.39, 0.29) is 112 Å². The molecule has 0 radical (unpaired) electrons. The Bertz CT molecular complexity index is 6480. The van der Waals surface area contributed by atoms with Crippen molar-refractivity contribution in [3.63, 3.8) is 0 Å². The highest BCUT2D eigenvalue weighted by Gasteiger charge is 2.67. The fraction of sp³-hybridized carbons (Fsp3) is 0.536. The first-order valence-corrected chi connectivity index (χ1v) is 51.1. The van der Waals surface area contributed by atoms with Crippen LogP contribution in [-0.2, 0) is 101 Å². The molecule has 1 unspecified atom stereocenters. The highest BCUT2D eigenvalue weighted by Crippen LogP contribution is 2.64. The number of benzene rings is 3. The number of phosphoric acid groups is 1. The van der Waals surface area contributed by atoms with Crippen molar-refractivity contribution in [1.29, 1.82) is 0 Å². The number of aliphatic imine (C=N–C) groups is 3. The molecular weight excluding hydrogens is 1850 g/mol. The Morgan fingerprint density at radius 2 is 1.32 bits per heavy atom. The summed E-state index contributed by atoms with van der Waals surface area (Å²) in [5, 5.41) is 30.6. The fourth-order valence-electron chi connectivity index (χ4n) is 22.6. The second-order valence-corrected chi connectivity index (χ2v) is 45.1. The first kappa shape index (κ1) is 105. The molecule has 2 saturated heterocycles. The molecule has 19 N–H and O–H groups in total. The van der Waals surface area contributed by atoms with Crippen molar-refractivity contribution in [1.82, 2.24) is 40.5 Å². The van der Waals surface area contributed by atoms with Crippen LogP contribution in [0.4, 0.5) is 11.4 Å². The third kappa shape index (κ3) is 21.0. The summed E-state index contributed by atoms with van der Waals surface area (Å²) in [4.78, 5) is 143. The molecule has 3 aromatic carbocycles. The Hall–Kier alpha value is -11.4. The molecule has 139 heavy (non-hydrogen) atoms. The molecule has 5 aromatic rings. The van der Waals surface area contributed by atoms with Gasteiger partial charge in [-0.1, -0.05) is 78.3 Å². The minimum atomic E-state index is -5.28. The molecule has 8 amide bonds. The summed E-state index contributed by atoms with van der Waals surface area (Å²) in [5.74, 6) is -7.83. The normalized spacial score (nSPS) is 28.6. The number of phosphoric ester groups is 1. The van der Waals surface area contributed by atoms with E-state index < -0.39 is 168 Å². The minimum absolute atomic E-state index is 0.0346.